The van der Waals surface area contributed by atoms with Gasteiger partial charge < -0.3 is 4.74 Å². The minimum absolute atomic E-state index is 0.0740. The minimum atomic E-state index is -11.2. The Balaban J connectivity index is 0.000000809. The average molecular weight is 743 g/mol. The molecule has 0 aliphatic rings. The van der Waals surface area contributed by atoms with Gasteiger partial charge in [-0.05, 0) is 42.8 Å². The Hall–Kier alpha value is -0.632. The first-order valence-electron chi connectivity index (χ1n) is 12.8. The van der Waals surface area contributed by atoms with Crippen LogP contribution >= 0.6 is 0 Å². The van der Waals surface area contributed by atoms with Gasteiger partial charge in [0.2, 0.25) is 0 Å². The molecule has 0 heterocycles. The first-order valence-corrected chi connectivity index (χ1v) is 20.8. The molecule has 0 bridgehead atoms. The molecular weight excluding hydrogens is 703 g/mol. The van der Waals surface area contributed by atoms with E-state index in [4.69, 9.17) is 4.74 Å². The third-order valence-corrected chi connectivity index (χ3v) is 7.97. The molecule has 208 valence electrons. The maximum absolute atomic E-state index is 11.2. The Morgan fingerprint density at radius 3 is 1.39 bits per heavy atom. The van der Waals surface area contributed by atoms with Crippen molar-refractivity contribution in [2.45, 2.75) is 90.4 Å². The van der Waals surface area contributed by atoms with Gasteiger partial charge in [0.25, 0.3) is 0 Å². The van der Waals surface area contributed by atoms with Gasteiger partial charge in [-0.15, -0.1) is 0 Å². The summed E-state index contributed by atoms with van der Waals surface area (Å²) >= 11 is -11.3. The van der Waals surface area contributed by atoms with Crippen LogP contribution in [0, 0.1) is 7.14 Å². The molecule has 0 amide bonds. The van der Waals surface area contributed by atoms with Gasteiger partial charge in [0.15, 0.2) is 7.14 Å². The van der Waals surface area contributed by atoms with Crippen LogP contribution in [0.3, 0.4) is 0 Å². The summed E-state index contributed by atoms with van der Waals surface area (Å²) in [6.45, 7) is 3.14. The Labute approximate surface area is 225 Å². The molecule has 0 saturated heterocycles. The summed E-state index contributed by atoms with van der Waals surface area (Å²) in [4.78, 5) is 0. The molecular formula is C27H40F6IOSb. The number of benzene rings is 2. The van der Waals surface area contributed by atoms with E-state index in [1.54, 1.807) is 0 Å². The van der Waals surface area contributed by atoms with Crippen molar-refractivity contribution in [2.24, 2.45) is 0 Å². The molecule has 0 aliphatic carbocycles. The molecule has 2 aromatic carbocycles. The Bertz CT molecular complexity index is 802. The van der Waals surface area contributed by atoms with Crippen molar-refractivity contribution in [3.8, 4) is 5.75 Å². The second kappa shape index (κ2) is 16.4. The third kappa shape index (κ3) is 25.0. The summed E-state index contributed by atoms with van der Waals surface area (Å²) in [5.74, 6) is 1.02. The zero-order valence-electron chi connectivity index (χ0n) is 21.1. The molecule has 0 N–H and O–H groups in total. The number of rotatable bonds is 17. The number of hydrogen-bond donors (Lipinski definition) is 0. The molecule has 0 aliphatic heterocycles. The van der Waals surface area contributed by atoms with Crippen LogP contribution in [0.15, 0.2) is 54.6 Å². The van der Waals surface area contributed by atoms with E-state index in [9.17, 15) is 16.9 Å². The van der Waals surface area contributed by atoms with Crippen LogP contribution in [0.25, 0.3) is 0 Å². The van der Waals surface area contributed by atoms with E-state index >= 15 is 0 Å². The second-order valence-electron chi connectivity index (χ2n) is 8.89. The summed E-state index contributed by atoms with van der Waals surface area (Å²) in [6.07, 6.45) is 18.1. The Morgan fingerprint density at radius 2 is 0.944 bits per heavy atom. The fourth-order valence-electron chi connectivity index (χ4n) is 3.51. The van der Waals surface area contributed by atoms with Crippen LogP contribution in [0.4, 0.5) is 16.9 Å². The van der Waals surface area contributed by atoms with E-state index in [2.05, 4.69) is 61.5 Å². The normalized spacial score (nSPS) is 13.3. The molecule has 0 saturated carbocycles. The van der Waals surface area contributed by atoms with E-state index in [0.717, 1.165) is 12.4 Å². The van der Waals surface area contributed by atoms with Crippen LogP contribution < -0.4 is 25.9 Å². The quantitative estimate of drug-likeness (QED) is 0.0710. The summed E-state index contributed by atoms with van der Waals surface area (Å²) in [6, 6.07) is 19.5. The van der Waals surface area contributed by atoms with E-state index in [0.29, 0.717) is 0 Å². The second-order valence-corrected chi connectivity index (χ2v) is 17.4. The average Bonchev–Trinajstić information content (AvgIpc) is 2.79. The van der Waals surface area contributed by atoms with Crippen LogP contribution in [-0.4, -0.2) is 26.1 Å². The van der Waals surface area contributed by atoms with E-state index in [1.165, 1.54) is 90.6 Å². The predicted octanol–water partition coefficient (Wildman–Crippen LogP) is 7.43. The predicted molar refractivity (Wildman–Crippen MR) is 134 cm³/mol. The van der Waals surface area contributed by atoms with Gasteiger partial charge in [0.1, 0.15) is 5.75 Å². The topological polar surface area (TPSA) is 9.23 Å². The van der Waals surface area contributed by atoms with Gasteiger partial charge >= 0.3 is 57.6 Å². The van der Waals surface area contributed by atoms with Crippen molar-refractivity contribution >= 4 is 19.5 Å². The molecule has 0 unspecified atom stereocenters. The van der Waals surface area contributed by atoms with Crippen LogP contribution in [0.1, 0.15) is 90.4 Å². The first kappa shape index (κ1) is 33.4. The van der Waals surface area contributed by atoms with Crippen molar-refractivity contribution in [3.63, 3.8) is 0 Å². The van der Waals surface area contributed by atoms with Crippen molar-refractivity contribution in [2.75, 3.05) is 6.61 Å². The van der Waals surface area contributed by atoms with Crippen molar-refractivity contribution in [1.29, 1.82) is 0 Å². The van der Waals surface area contributed by atoms with Crippen molar-refractivity contribution in [3.05, 3.63) is 61.7 Å². The first-order chi connectivity index (χ1) is 16.8. The molecule has 1 nitrogen and oxygen atoms in total. The number of ether oxygens (including phenoxy) is 1. The molecule has 2 rings (SSSR count). The van der Waals surface area contributed by atoms with E-state index in [-0.39, 0.29) is 21.2 Å². The Morgan fingerprint density at radius 1 is 0.556 bits per heavy atom. The molecule has 0 spiro atoms. The maximum atomic E-state index is 9.93. The molecule has 0 radical (unpaired) electrons. The van der Waals surface area contributed by atoms with Gasteiger partial charge in [0.05, 0.1) is 6.61 Å². The SMILES string of the molecule is CCCCCCCCCCCCCCCOc1ccc([I+]c2ccccc2)cc1.[F][Sb-]([F])([F])([F])([F])[F]. The molecule has 36 heavy (non-hydrogen) atoms. The van der Waals surface area contributed by atoms with Gasteiger partial charge in [0, 0.05) is 0 Å². The number of hydrogen-bond acceptors (Lipinski definition) is 1. The van der Waals surface area contributed by atoms with Gasteiger partial charge in [-0.3, -0.25) is 0 Å². The zero-order chi connectivity index (χ0) is 26.8. The van der Waals surface area contributed by atoms with Crippen molar-refractivity contribution < 1.29 is 42.8 Å². The molecule has 2 aromatic rings. The standard InChI is InChI=1S/C27H40IO.6FH.Sb/c1-2-3-4-5-6-7-8-9-10-11-12-13-17-24-29-27-22-20-26(21-23-27)28-25-18-15-14-16-19-25;;;;;;;/h14-16,18-23H,2-13,17,24H2,1H3;6*1H;/q+1;;;;;;;+5/p-6. The molecule has 9 heteroatoms. The fraction of sp³-hybridized carbons (Fsp3) is 0.556. The van der Waals surface area contributed by atoms with Gasteiger partial charge in [-0.1, -0.05) is 102 Å². The summed E-state index contributed by atoms with van der Waals surface area (Å²) in [7, 11) is 0. The monoisotopic (exact) mass is 742 g/mol. The summed E-state index contributed by atoms with van der Waals surface area (Å²) in [5.41, 5.74) is 0. The van der Waals surface area contributed by atoms with Crippen LogP contribution in [-0.2, 0) is 0 Å². The molecule has 0 aromatic heterocycles. The van der Waals surface area contributed by atoms with Crippen LogP contribution in [0.5, 0.6) is 5.75 Å². The van der Waals surface area contributed by atoms with E-state index < -0.39 is 19.5 Å². The van der Waals surface area contributed by atoms with Crippen LogP contribution in [0.2, 0.25) is 0 Å². The summed E-state index contributed by atoms with van der Waals surface area (Å²) in [5, 5.41) is 0. The zero-order valence-corrected chi connectivity index (χ0v) is 25.8. The summed E-state index contributed by atoms with van der Waals surface area (Å²) < 4.78 is 68.4. The Kier molecular flexibility index (Phi) is 15.2. The molecule has 0 atom stereocenters. The van der Waals surface area contributed by atoms with Gasteiger partial charge in [-0.25, -0.2) is 0 Å². The number of unbranched alkanes of at least 4 members (excludes halogenated alkanes) is 12. The molecule has 0 fully saturated rings. The van der Waals surface area contributed by atoms with Crippen molar-refractivity contribution in [1.82, 2.24) is 0 Å². The number of halogens is 7. The van der Waals surface area contributed by atoms with E-state index in [1.807, 2.05) is 0 Å². The fourth-order valence-corrected chi connectivity index (χ4v) is 5.72. The third-order valence-electron chi connectivity index (χ3n) is 5.28. The van der Waals surface area contributed by atoms with Gasteiger partial charge in [-0.2, -0.15) is 0 Å².